The first kappa shape index (κ1) is 19.9. The molecule has 1 aromatic carbocycles. The molecule has 0 heterocycles. The topological polar surface area (TPSA) is 44.8 Å². The zero-order valence-corrected chi connectivity index (χ0v) is 17.5. The fourth-order valence-electron chi connectivity index (χ4n) is 5.74. The largest absolute Gasteiger partial charge is 0.497 e. The number of carbonyl (C=O) groups is 1. The van der Waals surface area contributed by atoms with E-state index in [0.717, 1.165) is 43.8 Å². The van der Waals surface area contributed by atoms with Crippen molar-refractivity contribution in [1.29, 1.82) is 0 Å². The molecule has 3 aliphatic carbocycles. The van der Waals surface area contributed by atoms with E-state index in [4.69, 9.17) is 14.2 Å². The minimum atomic E-state index is -0.348. The highest BCUT2D eigenvalue weighted by atomic mass is 16.7. The third-order valence-electron chi connectivity index (χ3n) is 7.49. The lowest BCUT2D eigenvalue weighted by atomic mass is 9.53. The number of ether oxygens (including phenoxy) is 3. The molecule has 4 rings (SSSR count). The Bertz CT molecular complexity index is 707. The number of fused-ring (bicyclic) bond motifs is 4. The van der Waals surface area contributed by atoms with E-state index in [-0.39, 0.29) is 17.6 Å². The molecule has 154 valence electrons. The molecule has 4 heteroatoms. The Morgan fingerprint density at radius 3 is 2.61 bits per heavy atom. The van der Waals surface area contributed by atoms with Crippen LogP contribution in [0.5, 0.6) is 5.75 Å². The Morgan fingerprint density at radius 2 is 1.93 bits per heavy atom. The van der Waals surface area contributed by atoms with Crippen LogP contribution in [0.1, 0.15) is 62.5 Å². The van der Waals surface area contributed by atoms with Gasteiger partial charge in [0, 0.05) is 20.1 Å². The van der Waals surface area contributed by atoms with Crippen LogP contribution in [-0.2, 0) is 26.1 Å². The van der Waals surface area contributed by atoms with Gasteiger partial charge >= 0.3 is 0 Å². The molecule has 0 saturated heterocycles. The van der Waals surface area contributed by atoms with Crippen LogP contribution in [0.25, 0.3) is 0 Å². The molecule has 0 radical (unpaired) electrons. The van der Waals surface area contributed by atoms with Crippen molar-refractivity contribution in [1.82, 2.24) is 0 Å². The highest BCUT2D eigenvalue weighted by Crippen LogP contribution is 2.54. The fraction of sp³-hybridized carbons (Fsp3) is 0.708. The number of benzene rings is 1. The minimum absolute atomic E-state index is 0.193. The van der Waals surface area contributed by atoms with E-state index in [1.807, 2.05) is 0 Å². The molecule has 1 unspecified atom stereocenters. The monoisotopic (exact) mass is 386 g/mol. The maximum absolute atomic E-state index is 13.8. The summed E-state index contributed by atoms with van der Waals surface area (Å²) in [5.74, 6) is 3.02. The summed E-state index contributed by atoms with van der Waals surface area (Å²) in [7, 11) is 5.06. The molecule has 28 heavy (non-hydrogen) atoms. The Labute approximate surface area is 168 Å². The van der Waals surface area contributed by atoms with Crippen LogP contribution in [0.2, 0.25) is 0 Å². The number of Topliss-reactive ketones (excluding diaryl/α,β-unsaturated/α-hetero) is 1. The molecule has 3 atom stereocenters. The lowest BCUT2D eigenvalue weighted by Crippen LogP contribution is -2.51. The van der Waals surface area contributed by atoms with E-state index in [1.54, 1.807) is 21.3 Å². The number of methoxy groups -OCH3 is 3. The second kappa shape index (κ2) is 8.16. The van der Waals surface area contributed by atoms with Crippen molar-refractivity contribution in [2.45, 2.75) is 69.5 Å². The lowest BCUT2D eigenvalue weighted by molar-refractivity contribution is -0.136. The van der Waals surface area contributed by atoms with Gasteiger partial charge in [0.2, 0.25) is 0 Å². The van der Waals surface area contributed by atoms with Crippen LogP contribution in [0.15, 0.2) is 18.2 Å². The van der Waals surface area contributed by atoms with E-state index >= 15 is 0 Å². The van der Waals surface area contributed by atoms with Crippen molar-refractivity contribution in [3.63, 3.8) is 0 Å². The van der Waals surface area contributed by atoms with E-state index in [1.165, 1.54) is 36.8 Å². The van der Waals surface area contributed by atoms with Crippen molar-refractivity contribution < 1.29 is 19.0 Å². The summed E-state index contributed by atoms with van der Waals surface area (Å²) in [5, 5.41) is 0. The van der Waals surface area contributed by atoms with E-state index < -0.39 is 0 Å². The summed E-state index contributed by atoms with van der Waals surface area (Å²) in [6.07, 6.45) is 9.49. The first-order valence-electron chi connectivity index (χ1n) is 10.9. The number of hydrogen-bond acceptors (Lipinski definition) is 4. The van der Waals surface area contributed by atoms with Gasteiger partial charge in [-0.1, -0.05) is 18.9 Å². The van der Waals surface area contributed by atoms with Gasteiger partial charge in [0.1, 0.15) is 11.5 Å². The van der Waals surface area contributed by atoms with Crippen molar-refractivity contribution in [3.8, 4) is 5.75 Å². The van der Waals surface area contributed by atoms with Crippen molar-refractivity contribution >= 4 is 5.78 Å². The van der Waals surface area contributed by atoms with Crippen LogP contribution in [0, 0.1) is 17.8 Å². The second-order valence-electron chi connectivity index (χ2n) is 9.05. The zero-order chi connectivity index (χ0) is 19.7. The maximum atomic E-state index is 13.8. The molecule has 0 aromatic heterocycles. The fourth-order valence-corrected chi connectivity index (χ4v) is 5.74. The first-order chi connectivity index (χ1) is 13.6. The SMILES string of the molecule is COc1ccc2c(c1)[C@]1(CCCC(OC)OC)CCC(CC3CC3)[C@H](C2)C1=O. The number of hydrogen-bond donors (Lipinski definition) is 0. The number of rotatable bonds is 9. The quantitative estimate of drug-likeness (QED) is 0.578. The third kappa shape index (κ3) is 3.61. The molecule has 0 aliphatic heterocycles. The van der Waals surface area contributed by atoms with Gasteiger partial charge < -0.3 is 14.2 Å². The average molecular weight is 387 g/mol. The van der Waals surface area contributed by atoms with Gasteiger partial charge in [-0.3, -0.25) is 4.79 Å². The molecule has 3 aliphatic rings. The third-order valence-corrected chi connectivity index (χ3v) is 7.49. The van der Waals surface area contributed by atoms with Gasteiger partial charge in [0.05, 0.1) is 12.5 Å². The molecular weight excluding hydrogens is 352 g/mol. The van der Waals surface area contributed by atoms with Crippen molar-refractivity contribution in [2.75, 3.05) is 21.3 Å². The second-order valence-corrected chi connectivity index (χ2v) is 9.05. The summed E-state index contributed by atoms with van der Waals surface area (Å²) in [4.78, 5) is 13.8. The van der Waals surface area contributed by atoms with Crippen LogP contribution >= 0.6 is 0 Å². The van der Waals surface area contributed by atoms with Gasteiger partial charge in [0.15, 0.2) is 6.29 Å². The van der Waals surface area contributed by atoms with Gasteiger partial charge in [-0.25, -0.2) is 0 Å². The van der Waals surface area contributed by atoms with Gasteiger partial charge in [-0.15, -0.1) is 0 Å². The molecule has 2 bridgehead atoms. The summed E-state index contributed by atoms with van der Waals surface area (Å²) >= 11 is 0. The smallest absolute Gasteiger partial charge is 0.156 e. The molecule has 1 aromatic rings. The highest BCUT2D eigenvalue weighted by Gasteiger charge is 2.53. The Balaban J connectivity index is 1.62. The Morgan fingerprint density at radius 1 is 1.14 bits per heavy atom. The van der Waals surface area contributed by atoms with Gasteiger partial charge in [0.25, 0.3) is 0 Å². The summed E-state index contributed by atoms with van der Waals surface area (Å²) < 4.78 is 16.2. The van der Waals surface area contributed by atoms with Crippen LogP contribution in [0.3, 0.4) is 0 Å². The van der Waals surface area contributed by atoms with Crippen LogP contribution in [0.4, 0.5) is 0 Å². The van der Waals surface area contributed by atoms with Crippen LogP contribution in [-0.4, -0.2) is 33.4 Å². The summed E-state index contributed by atoms with van der Waals surface area (Å²) in [6, 6.07) is 6.39. The molecule has 0 amide bonds. The highest BCUT2D eigenvalue weighted by molar-refractivity contribution is 5.95. The Kier molecular flexibility index (Phi) is 5.80. The van der Waals surface area contributed by atoms with Gasteiger partial charge in [-0.05, 0) is 80.0 Å². The van der Waals surface area contributed by atoms with E-state index in [9.17, 15) is 4.79 Å². The minimum Gasteiger partial charge on any atom is -0.497 e. The molecule has 0 N–H and O–H groups in total. The molecular formula is C24H34O4. The number of carbonyl (C=O) groups excluding carboxylic acids is 1. The molecule has 4 nitrogen and oxygen atoms in total. The van der Waals surface area contributed by atoms with Gasteiger partial charge in [-0.2, -0.15) is 0 Å². The van der Waals surface area contributed by atoms with E-state index in [2.05, 4.69) is 18.2 Å². The summed E-state index contributed by atoms with van der Waals surface area (Å²) in [5.41, 5.74) is 2.24. The molecule has 2 fully saturated rings. The predicted molar refractivity (Wildman–Crippen MR) is 109 cm³/mol. The predicted octanol–water partition coefficient (Wildman–Crippen LogP) is 4.67. The first-order valence-corrected chi connectivity index (χ1v) is 10.9. The van der Waals surface area contributed by atoms with Crippen molar-refractivity contribution in [3.05, 3.63) is 29.3 Å². The normalized spacial score (nSPS) is 29.1. The lowest BCUT2D eigenvalue weighted by Gasteiger charge is -2.49. The maximum Gasteiger partial charge on any atom is 0.156 e. The van der Waals surface area contributed by atoms with E-state index in [0.29, 0.717) is 11.7 Å². The van der Waals surface area contributed by atoms with Crippen LogP contribution < -0.4 is 4.74 Å². The molecule has 0 spiro atoms. The average Bonchev–Trinajstić information content (AvgIpc) is 3.53. The Hall–Kier alpha value is -1.39. The zero-order valence-electron chi connectivity index (χ0n) is 17.5. The summed E-state index contributed by atoms with van der Waals surface area (Å²) in [6.45, 7) is 0. The molecule has 2 saturated carbocycles. The standard InChI is InChI=1S/C24H34O4/c1-26-19-9-8-18-14-20-17(13-16-6-7-16)10-12-24(23(20)25,21(18)15-19)11-4-5-22(27-2)28-3/h8-9,15-17,20,22H,4-7,10-14H2,1-3H3/t17?,20-,24-/m0/s1. The van der Waals surface area contributed by atoms with Crippen molar-refractivity contribution in [2.24, 2.45) is 17.8 Å². The number of ketones is 1.